The molecule has 1 aromatic carbocycles. The van der Waals surface area contributed by atoms with Crippen molar-refractivity contribution in [2.24, 2.45) is 5.73 Å². The van der Waals surface area contributed by atoms with E-state index >= 15 is 0 Å². The maximum Gasteiger partial charge on any atom is 0.320 e. The van der Waals surface area contributed by atoms with Crippen molar-refractivity contribution in [3.8, 4) is 0 Å². The van der Waals surface area contributed by atoms with E-state index in [-0.39, 0.29) is 19.1 Å². The van der Waals surface area contributed by atoms with E-state index in [1.54, 1.807) is 6.20 Å². The molecule has 3 rings (SSSR count). The van der Waals surface area contributed by atoms with Crippen LogP contribution in [0.15, 0.2) is 24.4 Å². The summed E-state index contributed by atoms with van der Waals surface area (Å²) < 4.78 is 12.8. The highest BCUT2D eigenvalue weighted by atomic mass is 31.2. The number of nitrogens with two attached hydrogens (primary N) is 1. The molecule has 1 saturated heterocycles. The molecule has 2 aromatic rings. The summed E-state index contributed by atoms with van der Waals surface area (Å²) in [6.45, 7) is 1.42. The molecule has 0 radical (unpaired) electrons. The minimum atomic E-state index is -3.80. The molecule has 142 valence electrons. The van der Waals surface area contributed by atoms with Gasteiger partial charge >= 0.3 is 5.97 Å². The molecule has 26 heavy (non-hydrogen) atoms. The molecule has 1 aliphatic rings. The number of carbonyl (C=O) groups is 1. The van der Waals surface area contributed by atoms with Gasteiger partial charge in [-0.2, -0.15) is 5.10 Å². The molecule has 0 spiro atoms. The molecular formula is C17H25N4O4P. The largest absolute Gasteiger partial charge is 0.480 e. The average molecular weight is 380 g/mol. The molecular weight excluding hydrogens is 355 g/mol. The number of benzene rings is 1. The maximum atomic E-state index is 12.8. The summed E-state index contributed by atoms with van der Waals surface area (Å²) >= 11 is 0. The van der Waals surface area contributed by atoms with Crippen LogP contribution in [-0.4, -0.2) is 62.0 Å². The van der Waals surface area contributed by atoms with E-state index in [4.69, 9.17) is 5.73 Å². The molecule has 0 aliphatic carbocycles. The van der Waals surface area contributed by atoms with Crippen molar-refractivity contribution < 1.29 is 19.4 Å². The fraction of sp³-hybridized carbons (Fsp3) is 0.529. The Bertz CT molecular complexity index is 839. The number of nitrogens with one attached hydrogen (secondary N) is 1. The minimum absolute atomic E-state index is 0.0106. The van der Waals surface area contributed by atoms with Crippen LogP contribution in [0.25, 0.3) is 10.9 Å². The lowest BCUT2D eigenvalue weighted by Crippen LogP contribution is -2.53. The zero-order chi connectivity index (χ0) is 18.8. The topological polar surface area (TPSA) is 133 Å². The summed E-state index contributed by atoms with van der Waals surface area (Å²) in [5.74, 6) is -1.19. The third-order valence-electron chi connectivity index (χ3n) is 5.28. The number of nitrogens with zero attached hydrogens (tertiary/aromatic N) is 2. The van der Waals surface area contributed by atoms with Crippen molar-refractivity contribution in [3.63, 3.8) is 0 Å². The minimum Gasteiger partial charge on any atom is -0.480 e. The SMILES string of the molecule is NCCCCC1(C(=O)O)CN(Cc2cccc3[nH]ncc23)CCP1(=O)O. The standard InChI is InChI=1S/C17H25N4O4P/c18-7-2-1-6-17(16(22)23)12-21(8-9-26(17,24)25)11-13-4-3-5-15-14(13)10-19-20-15/h3-5,10H,1-2,6-9,11-12,18H2,(H,19,20)(H,22,23)(H,24,25). The monoisotopic (exact) mass is 380 g/mol. The molecule has 9 heteroatoms. The first-order valence-corrected chi connectivity index (χ1v) is 10.6. The van der Waals surface area contributed by atoms with Crippen LogP contribution in [0.5, 0.6) is 0 Å². The third kappa shape index (κ3) is 3.42. The van der Waals surface area contributed by atoms with Crippen LogP contribution in [0.3, 0.4) is 0 Å². The molecule has 0 bridgehead atoms. The summed E-state index contributed by atoms with van der Waals surface area (Å²) in [7, 11) is -3.80. The first-order chi connectivity index (χ1) is 12.4. The summed E-state index contributed by atoms with van der Waals surface area (Å²) in [5.41, 5.74) is 7.44. The van der Waals surface area contributed by atoms with E-state index in [9.17, 15) is 19.4 Å². The molecule has 0 saturated carbocycles. The molecule has 2 heterocycles. The van der Waals surface area contributed by atoms with Crippen LogP contribution in [0.1, 0.15) is 24.8 Å². The van der Waals surface area contributed by atoms with E-state index in [0.717, 1.165) is 16.5 Å². The van der Waals surface area contributed by atoms with Crippen molar-refractivity contribution in [2.45, 2.75) is 31.0 Å². The first kappa shape index (κ1) is 19.0. The number of carboxylic acid groups (broad SMARTS) is 1. The number of fused-ring (bicyclic) bond motifs is 1. The van der Waals surface area contributed by atoms with Crippen LogP contribution in [0.2, 0.25) is 0 Å². The van der Waals surface area contributed by atoms with Crippen molar-refractivity contribution >= 4 is 24.2 Å². The van der Waals surface area contributed by atoms with Gasteiger partial charge in [0.25, 0.3) is 0 Å². The lowest BCUT2D eigenvalue weighted by atomic mass is 9.99. The van der Waals surface area contributed by atoms with E-state index in [1.165, 1.54) is 0 Å². The summed E-state index contributed by atoms with van der Waals surface area (Å²) in [5, 5.41) is 16.2. The number of H-pyrrole nitrogens is 1. The lowest BCUT2D eigenvalue weighted by Gasteiger charge is -2.43. The highest BCUT2D eigenvalue weighted by molar-refractivity contribution is 7.61. The summed E-state index contributed by atoms with van der Waals surface area (Å²) in [6.07, 6.45) is 3.07. The second-order valence-electron chi connectivity index (χ2n) is 6.97. The zero-order valence-corrected chi connectivity index (χ0v) is 15.5. The van der Waals surface area contributed by atoms with Crippen molar-refractivity contribution in [2.75, 3.05) is 25.8 Å². The number of aromatic nitrogens is 2. The molecule has 1 fully saturated rings. The van der Waals surface area contributed by atoms with Gasteiger partial charge in [-0.3, -0.25) is 19.4 Å². The van der Waals surface area contributed by atoms with E-state index in [0.29, 0.717) is 32.5 Å². The van der Waals surface area contributed by atoms with Crippen LogP contribution in [0.4, 0.5) is 0 Å². The number of carboxylic acids is 1. The quantitative estimate of drug-likeness (QED) is 0.424. The molecule has 2 unspecified atom stereocenters. The molecule has 8 nitrogen and oxygen atoms in total. The Hall–Kier alpha value is -1.73. The van der Waals surface area contributed by atoms with Crippen LogP contribution < -0.4 is 5.73 Å². The Balaban J connectivity index is 1.85. The fourth-order valence-electron chi connectivity index (χ4n) is 3.73. The molecule has 2 atom stereocenters. The summed E-state index contributed by atoms with van der Waals surface area (Å²) in [6, 6.07) is 5.82. The van der Waals surface area contributed by atoms with Gasteiger partial charge in [0, 0.05) is 31.2 Å². The van der Waals surface area contributed by atoms with Crippen molar-refractivity contribution in [3.05, 3.63) is 30.0 Å². The number of aliphatic carboxylic acids is 1. The number of rotatable bonds is 7. The molecule has 0 amide bonds. The van der Waals surface area contributed by atoms with Gasteiger partial charge in [-0.25, -0.2) is 0 Å². The Labute approximate surface area is 151 Å². The highest BCUT2D eigenvalue weighted by Crippen LogP contribution is 2.59. The zero-order valence-electron chi connectivity index (χ0n) is 14.6. The molecule has 5 N–H and O–H groups in total. The predicted octanol–water partition coefficient (Wildman–Crippen LogP) is 1.60. The Morgan fingerprint density at radius 1 is 1.42 bits per heavy atom. The molecule has 1 aliphatic heterocycles. The van der Waals surface area contributed by atoms with Gasteiger partial charge in [-0.15, -0.1) is 0 Å². The van der Waals surface area contributed by atoms with Gasteiger partial charge in [0.15, 0.2) is 5.16 Å². The van der Waals surface area contributed by atoms with Crippen molar-refractivity contribution in [1.82, 2.24) is 15.1 Å². The van der Waals surface area contributed by atoms with E-state index in [2.05, 4.69) is 10.2 Å². The van der Waals surface area contributed by atoms with E-state index < -0.39 is 18.5 Å². The predicted molar refractivity (Wildman–Crippen MR) is 99.3 cm³/mol. The summed E-state index contributed by atoms with van der Waals surface area (Å²) in [4.78, 5) is 24.5. The van der Waals surface area contributed by atoms with Crippen molar-refractivity contribution in [1.29, 1.82) is 0 Å². The lowest BCUT2D eigenvalue weighted by molar-refractivity contribution is -0.141. The number of hydrogen-bond donors (Lipinski definition) is 4. The Morgan fingerprint density at radius 3 is 2.96 bits per heavy atom. The van der Waals surface area contributed by atoms with Gasteiger partial charge in [0.2, 0.25) is 7.37 Å². The normalized spacial score (nSPS) is 27.0. The van der Waals surface area contributed by atoms with Gasteiger partial charge < -0.3 is 15.7 Å². The number of aromatic amines is 1. The van der Waals surface area contributed by atoms with Crippen LogP contribution in [-0.2, 0) is 15.9 Å². The second kappa shape index (κ2) is 7.48. The fourth-order valence-corrected chi connectivity index (χ4v) is 5.94. The Morgan fingerprint density at radius 2 is 2.23 bits per heavy atom. The maximum absolute atomic E-state index is 12.8. The highest BCUT2D eigenvalue weighted by Gasteiger charge is 2.56. The van der Waals surface area contributed by atoms with Crippen LogP contribution in [0, 0.1) is 0 Å². The van der Waals surface area contributed by atoms with Gasteiger partial charge in [-0.05, 0) is 31.0 Å². The van der Waals surface area contributed by atoms with Gasteiger partial charge in [0.1, 0.15) is 0 Å². The smallest absolute Gasteiger partial charge is 0.320 e. The third-order valence-corrected chi connectivity index (χ3v) is 7.99. The number of hydrogen-bond acceptors (Lipinski definition) is 5. The van der Waals surface area contributed by atoms with E-state index in [1.807, 2.05) is 23.1 Å². The van der Waals surface area contributed by atoms with Crippen LogP contribution >= 0.6 is 7.37 Å². The first-order valence-electron chi connectivity index (χ1n) is 8.78. The number of unbranched alkanes of at least 4 members (excludes halogenated alkanes) is 1. The van der Waals surface area contributed by atoms with Gasteiger partial charge in [-0.1, -0.05) is 18.6 Å². The second-order valence-corrected chi connectivity index (χ2v) is 9.67. The average Bonchev–Trinajstić information content (AvgIpc) is 3.07. The van der Waals surface area contributed by atoms with Gasteiger partial charge in [0.05, 0.1) is 11.7 Å². The Kier molecular flexibility index (Phi) is 5.48. The molecule has 1 aromatic heterocycles.